The van der Waals surface area contributed by atoms with Gasteiger partial charge in [-0.15, -0.1) is 0 Å². The summed E-state index contributed by atoms with van der Waals surface area (Å²) in [7, 11) is 3.10. The highest BCUT2D eigenvalue weighted by atomic mass is 79.9. The summed E-state index contributed by atoms with van der Waals surface area (Å²) in [6.07, 6.45) is -0.327. The topological polar surface area (TPSA) is 66.8 Å². The molecular formula is C18H16BrNO4. The van der Waals surface area contributed by atoms with Crippen LogP contribution in [-0.4, -0.2) is 31.0 Å². The van der Waals surface area contributed by atoms with Crippen LogP contribution in [0.5, 0.6) is 5.75 Å². The lowest BCUT2D eigenvalue weighted by Crippen LogP contribution is -2.40. The number of methoxy groups -OCH3 is 1. The van der Waals surface area contributed by atoms with Gasteiger partial charge < -0.3 is 14.7 Å². The van der Waals surface area contributed by atoms with Gasteiger partial charge in [-0.05, 0) is 30.3 Å². The van der Waals surface area contributed by atoms with Crippen LogP contribution < -0.4 is 9.64 Å². The number of anilines is 1. The van der Waals surface area contributed by atoms with Crippen molar-refractivity contribution in [2.45, 2.75) is 12.0 Å². The summed E-state index contributed by atoms with van der Waals surface area (Å²) in [5.41, 5.74) is -0.444. The van der Waals surface area contributed by atoms with Crippen molar-refractivity contribution in [1.82, 2.24) is 0 Å². The summed E-state index contributed by atoms with van der Waals surface area (Å²) in [5, 5.41) is 11.0. The van der Waals surface area contributed by atoms with Crippen molar-refractivity contribution in [3.63, 3.8) is 0 Å². The molecule has 124 valence electrons. The van der Waals surface area contributed by atoms with E-state index in [4.69, 9.17) is 4.74 Å². The van der Waals surface area contributed by atoms with Crippen LogP contribution in [0.15, 0.2) is 46.9 Å². The molecule has 1 heterocycles. The van der Waals surface area contributed by atoms with Gasteiger partial charge in [-0.2, -0.15) is 0 Å². The minimum absolute atomic E-state index is 0.327. The molecule has 1 N–H and O–H groups in total. The molecule has 24 heavy (non-hydrogen) atoms. The normalized spacial score (nSPS) is 19.3. The van der Waals surface area contributed by atoms with Crippen molar-refractivity contribution in [3.8, 4) is 5.75 Å². The number of fused-ring (bicyclic) bond motifs is 1. The van der Waals surface area contributed by atoms with E-state index in [0.717, 1.165) is 4.47 Å². The number of rotatable bonds is 4. The second-order valence-corrected chi connectivity index (χ2v) is 6.63. The van der Waals surface area contributed by atoms with Gasteiger partial charge in [0.1, 0.15) is 5.75 Å². The fourth-order valence-electron chi connectivity index (χ4n) is 2.94. The summed E-state index contributed by atoms with van der Waals surface area (Å²) >= 11 is 3.34. The van der Waals surface area contributed by atoms with Crippen LogP contribution in [0.2, 0.25) is 0 Å². The number of ketones is 1. The fraction of sp³-hybridized carbons (Fsp3) is 0.222. The van der Waals surface area contributed by atoms with E-state index in [0.29, 0.717) is 22.6 Å². The van der Waals surface area contributed by atoms with Crippen LogP contribution in [0.25, 0.3) is 0 Å². The Kier molecular flexibility index (Phi) is 4.19. The molecule has 2 aromatic rings. The number of Topliss-reactive ketones (excluding diaryl/α,β-unsaturated/α-hetero) is 1. The number of ether oxygens (including phenoxy) is 1. The lowest BCUT2D eigenvalue weighted by atomic mass is 9.88. The monoisotopic (exact) mass is 389 g/mol. The maximum Gasteiger partial charge on any atom is 0.263 e. The highest BCUT2D eigenvalue weighted by Crippen LogP contribution is 2.43. The number of aliphatic hydroxyl groups is 1. The zero-order chi connectivity index (χ0) is 17.5. The molecular weight excluding hydrogens is 374 g/mol. The molecule has 0 radical (unpaired) electrons. The van der Waals surface area contributed by atoms with Gasteiger partial charge in [-0.25, -0.2) is 0 Å². The molecule has 3 rings (SSSR count). The maximum absolute atomic E-state index is 12.6. The number of halogens is 1. The van der Waals surface area contributed by atoms with Crippen molar-refractivity contribution in [1.29, 1.82) is 0 Å². The Morgan fingerprint density at radius 1 is 1.29 bits per heavy atom. The van der Waals surface area contributed by atoms with Crippen LogP contribution >= 0.6 is 15.9 Å². The third kappa shape index (κ3) is 2.61. The van der Waals surface area contributed by atoms with Crippen molar-refractivity contribution < 1.29 is 19.4 Å². The molecule has 1 aliphatic heterocycles. The van der Waals surface area contributed by atoms with E-state index >= 15 is 0 Å². The molecule has 6 heteroatoms. The van der Waals surface area contributed by atoms with E-state index < -0.39 is 11.5 Å². The molecule has 1 atom stereocenters. The van der Waals surface area contributed by atoms with Gasteiger partial charge in [-0.3, -0.25) is 9.59 Å². The van der Waals surface area contributed by atoms with Crippen molar-refractivity contribution in [2.75, 3.05) is 19.1 Å². The molecule has 0 saturated carbocycles. The Labute approximate surface area is 148 Å². The minimum atomic E-state index is -1.87. The molecule has 0 aliphatic carbocycles. The number of hydrogen-bond donors (Lipinski definition) is 1. The smallest absolute Gasteiger partial charge is 0.263 e. The zero-order valence-corrected chi connectivity index (χ0v) is 14.8. The molecule has 1 unspecified atom stereocenters. The SMILES string of the molecule is COc1cccc(C(=O)CC2(O)C(=O)N(C)c3ccc(Br)cc32)c1. The first-order valence-electron chi connectivity index (χ1n) is 7.34. The quantitative estimate of drug-likeness (QED) is 0.816. The first-order chi connectivity index (χ1) is 11.4. The highest BCUT2D eigenvalue weighted by molar-refractivity contribution is 9.10. The minimum Gasteiger partial charge on any atom is -0.497 e. The molecule has 1 amide bonds. The summed E-state index contributed by atoms with van der Waals surface area (Å²) in [5.74, 6) is -0.288. The van der Waals surface area contributed by atoms with Gasteiger partial charge in [0.2, 0.25) is 0 Å². The predicted molar refractivity (Wildman–Crippen MR) is 93.4 cm³/mol. The zero-order valence-electron chi connectivity index (χ0n) is 13.2. The average molecular weight is 390 g/mol. The number of carbonyl (C=O) groups excluding carboxylic acids is 2. The van der Waals surface area contributed by atoms with E-state index in [1.165, 1.54) is 12.0 Å². The molecule has 0 fully saturated rings. The molecule has 0 saturated heterocycles. The van der Waals surface area contributed by atoms with Gasteiger partial charge in [-0.1, -0.05) is 28.1 Å². The average Bonchev–Trinajstić information content (AvgIpc) is 2.76. The largest absolute Gasteiger partial charge is 0.497 e. The predicted octanol–water partition coefficient (Wildman–Crippen LogP) is 2.89. The number of likely N-dealkylation sites (N-methyl/N-ethyl adjacent to an activating group) is 1. The Morgan fingerprint density at radius 2 is 2.04 bits per heavy atom. The van der Waals surface area contributed by atoms with E-state index in [2.05, 4.69) is 15.9 Å². The third-order valence-electron chi connectivity index (χ3n) is 4.23. The molecule has 2 aromatic carbocycles. The van der Waals surface area contributed by atoms with E-state index in [9.17, 15) is 14.7 Å². The molecule has 1 aliphatic rings. The van der Waals surface area contributed by atoms with Crippen LogP contribution in [0, 0.1) is 0 Å². The van der Waals surface area contributed by atoms with Crippen molar-refractivity contribution >= 4 is 33.3 Å². The third-order valence-corrected chi connectivity index (χ3v) is 4.73. The van der Waals surface area contributed by atoms with Gasteiger partial charge in [0.05, 0.1) is 19.2 Å². The van der Waals surface area contributed by atoms with Crippen molar-refractivity contribution in [3.05, 3.63) is 58.1 Å². The number of hydrogen-bond acceptors (Lipinski definition) is 4. The summed E-state index contributed by atoms with van der Waals surface area (Å²) < 4.78 is 5.85. The summed E-state index contributed by atoms with van der Waals surface area (Å²) in [6, 6.07) is 11.9. The number of amides is 1. The molecule has 5 nitrogen and oxygen atoms in total. The molecule has 0 bridgehead atoms. The standard InChI is InChI=1S/C18H16BrNO4/c1-20-15-7-6-12(19)9-14(15)18(23,17(20)22)10-16(21)11-4-3-5-13(8-11)24-2/h3-9,23H,10H2,1-2H3. The highest BCUT2D eigenvalue weighted by Gasteiger charge is 2.49. The van der Waals surface area contributed by atoms with Crippen molar-refractivity contribution in [2.24, 2.45) is 0 Å². The second-order valence-electron chi connectivity index (χ2n) is 5.72. The first-order valence-corrected chi connectivity index (χ1v) is 8.14. The fourth-order valence-corrected chi connectivity index (χ4v) is 3.30. The van der Waals surface area contributed by atoms with E-state index in [1.54, 1.807) is 49.5 Å². The van der Waals surface area contributed by atoms with Gasteiger partial charge in [0, 0.05) is 22.6 Å². The van der Waals surface area contributed by atoms with E-state index in [1.807, 2.05) is 0 Å². The first kappa shape index (κ1) is 16.7. The number of carbonyl (C=O) groups is 2. The van der Waals surface area contributed by atoms with E-state index in [-0.39, 0.29) is 12.2 Å². The summed E-state index contributed by atoms with van der Waals surface area (Å²) in [6.45, 7) is 0. The number of benzene rings is 2. The lowest BCUT2D eigenvalue weighted by molar-refractivity contribution is -0.135. The Bertz CT molecular complexity index is 836. The van der Waals surface area contributed by atoms with Crippen LogP contribution in [-0.2, 0) is 10.4 Å². The Morgan fingerprint density at radius 3 is 2.75 bits per heavy atom. The van der Waals surface area contributed by atoms with Gasteiger partial charge in [0.25, 0.3) is 5.91 Å². The summed E-state index contributed by atoms with van der Waals surface area (Å²) in [4.78, 5) is 26.6. The van der Waals surface area contributed by atoms with Crippen LogP contribution in [0.3, 0.4) is 0 Å². The Balaban J connectivity index is 1.98. The van der Waals surface area contributed by atoms with Crippen LogP contribution in [0.4, 0.5) is 5.69 Å². The van der Waals surface area contributed by atoms with Crippen LogP contribution in [0.1, 0.15) is 22.3 Å². The molecule has 0 spiro atoms. The second kappa shape index (κ2) is 6.03. The maximum atomic E-state index is 12.6. The molecule has 0 aromatic heterocycles. The lowest BCUT2D eigenvalue weighted by Gasteiger charge is -2.21. The Hall–Kier alpha value is -2.18. The van der Waals surface area contributed by atoms with Gasteiger partial charge >= 0.3 is 0 Å². The van der Waals surface area contributed by atoms with Gasteiger partial charge in [0.15, 0.2) is 11.4 Å². The number of nitrogens with zero attached hydrogens (tertiary/aromatic N) is 1.